The SMILES string of the molecule is C[C@H](CC(=O)N1CCC(O)(Cn2cnc3c(-c4ccc(CN(C)C)cc4)n(C)nc3c2=O)CC1)c1ccccc1. The maximum Gasteiger partial charge on any atom is 0.281 e. The van der Waals surface area contributed by atoms with Crippen molar-refractivity contribution in [3.05, 3.63) is 82.4 Å². The van der Waals surface area contributed by atoms with Crippen molar-refractivity contribution in [3.8, 4) is 11.3 Å². The molecular formula is C31H38N6O3. The second kappa shape index (κ2) is 11.3. The lowest BCUT2D eigenvalue weighted by atomic mass is 9.90. The lowest BCUT2D eigenvalue weighted by Crippen LogP contribution is -2.49. The number of hydrogen-bond donors (Lipinski definition) is 1. The smallest absolute Gasteiger partial charge is 0.281 e. The summed E-state index contributed by atoms with van der Waals surface area (Å²) in [7, 11) is 5.88. The van der Waals surface area contributed by atoms with Crippen LogP contribution in [0.5, 0.6) is 0 Å². The molecule has 5 rings (SSSR count). The summed E-state index contributed by atoms with van der Waals surface area (Å²) < 4.78 is 3.15. The molecule has 3 heterocycles. The van der Waals surface area contributed by atoms with E-state index in [4.69, 9.17) is 0 Å². The van der Waals surface area contributed by atoms with Gasteiger partial charge < -0.3 is 14.9 Å². The monoisotopic (exact) mass is 542 g/mol. The number of benzene rings is 2. The van der Waals surface area contributed by atoms with Crippen LogP contribution in [0.1, 0.15) is 43.2 Å². The van der Waals surface area contributed by atoms with Crippen LogP contribution in [0.15, 0.2) is 65.7 Å². The number of rotatable bonds is 8. The van der Waals surface area contributed by atoms with Crippen LogP contribution in [0.2, 0.25) is 0 Å². The molecule has 1 N–H and O–H groups in total. The molecule has 9 nitrogen and oxygen atoms in total. The van der Waals surface area contributed by atoms with Gasteiger partial charge in [0.1, 0.15) is 5.52 Å². The van der Waals surface area contributed by atoms with E-state index in [2.05, 4.69) is 34.0 Å². The van der Waals surface area contributed by atoms with E-state index in [1.165, 1.54) is 16.5 Å². The summed E-state index contributed by atoms with van der Waals surface area (Å²) in [6.07, 6.45) is 2.74. The van der Waals surface area contributed by atoms with Gasteiger partial charge in [0, 0.05) is 38.7 Å². The number of aryl methyl sites for hydroxylation is 1. The van der Waals surface area contributed by atoms with Gasteiger partial charge in [-0.3, -0.25) is 18.8 Å². The van der Waals surface area contributed by atoms with Crippen molar-refractivity contribution in [1.82, 2.24) is 29.1 Å². The highest BCUT2D eigenvalue weighted by Gasteiger charge is 2.35. The molecule has 0 radical (unpaired) electrons. The van der Waals surface area contributed by atoms with Gasteiger partial charge in [-0.05, 0) is 44.0 Å². The second-order valence-electron chi connectivity index (χ2n) is 11.4. The Bertz CT molecular complexity index is 1530. The zero-order valence-electron chi connectivity index (χ0n) is 23.7. The number of nitrogens with zero attached hydrogens (tertiary/aromatic N) is 6. The van der Waals surface area contributed by atoms with E-state index in [1.54, 1.807) is 4.68 Å². The molecule has 4 aromatic rings. The van der Waals surface area contributed by atoms with Crippen LogP contribution < -0.4 is 5.56 Å². The molecule has 2 aromatic carbocycles. The predicted octanol–water partition coefficient (Wildman–Crippen LogP) is 3.41. The van der Waals surface area contributed by atoms with E-state index in [0.717, 1.165) is 23.4 Å². The van der Waals surface area contributed by atoms with E-state index < -0.39 is 5.60 Å². The Morgan fingerprint density at radius 2 is 1.73 bits per heavy atom. The average molecular weight is 543 g/mol. The third-order valence-electron chi connectivity index (χ3n) is 7.90. The Hall–Kier alpha value is -3.82. The quantitative estimate of drug-likeness (QED) is 0.367. The van der Waals surface area contributed by atoms with E-state index >= 15 is 0 Å². The molecule has 9 heteroatoms. The van der Waals surface area contributed by atoms with E-state index in [-0.39, 0.29) is 29.4 Å². The maximum atomic E-state index is 13.4. The highest BCUT2D eigenvalue weighted by atomic mass is 16.3. The van der Waals surface area contributed by atoms with Crippen molar-refractivity contribution >= 4 is 16.9 Å². The van der Waals surface area contributed by atoms with Crippen molar-refractivity contribution in [2.45, 2.75) is 50.8 Å². The average Bonchev–Trinajstić information content (AvgIpc) is 3.27. The standard InChI is InChI=1S/C31H38N6O3/c1-22(24-8-6-5-7-9-24)18-26(38)36-16-14-31(40,15-17-36)20-37-21-32-27-28(30(37)39)33-35(4)29(27)25-12-10-23(11-13-25)19-34(2)3/h5-13,21-22,40H,14-20H2,1-4H3/t22-/m1/s1. The molecule has 1 aliphatic heterocycles. The van der Waals surface area contributed by atoms with Gasteiger partial charge >= 0.3 is 0 Å². The zero-order valence-corrected chi connectivity index (χ0v) is 23.7. The van der Waals surface area contributed by atoms with Crippen LogP contribution in [0.3, 0.4) is 0 Å². The number of hydrogen-bond acceptors (Lipinski definition) is 6. The molecule has 210 valence electrons. The van der Waals surface area contributed by atoms with E-state index in [0.29, 0.717) is 37.9 Å². The number of piperidine rings is 1. The molecule has 1 amide bonds. The summed E-state index contributed by atoms with van der Waals surface area (Å²) in [5, 5.41) is 15.9. The van der Waals surface area contributed by atoms with Gasteiger partial charge in [-0.25, -0.2) is 4.98 Å². The molecule has 0 aliphatic carbocycles. The number of carbonyl (C=O) groups excluding carboxylic acids is 1. The Morgan fingerprint density at radius 3 is 2.38 bits per heavy atom. The number of likely N-dealkylation sites (tertiary alicyclic amines) is 1. The first-order chi connectivity index (χ1) is 19.1. The highest BCUT2D eigenvalue weighted by molar-refractivity contribution is 5.89. The van der Waals surface area contributed by atoms with Crippen LogP contribution in [0, 0.1) is 0 Å². The van der Waals surface area contributed by atoms with Crippen LogP contribution in [0.4, 0.5) is 0 Å². The molecule has 0 unspecified atom stereocenters. The first-order valence-corrected chi connectivity index (χ1v) is 13.8. The fraction of sp³-hybridized carbons (Fsp3) is 0.419. The zero-order chi connectivity index (χ0) is 28.4. The van der Waals surface area contributed by atoms with Gasteiger partial charge in [0.05, 0.1) is 24.2 Å². The maximum absolute atomic E-state index is 13.4. The topological polar surface area (TPSA) is 96.5 Å². The molecule has 1 aliphatic rings. The summed E-state index contributed by atoms with van der Waals surface area (Å²) >= 11 is 0. The van der Waals surface area contributed by atoms with E-state index in [9.17, 15) is 14.7 Å². The molecule has 1 atom stereocenters. The Balaban J connectivity index is 1.27. The van der Waals surface area contributed by atoms with Crippen LogP contribution in [0.25, 0.3) is 22.3 Å². The lowest BCUT2D eigenvalue weighted by molar-refractivity contribution is -0.136. The largest absolute Gasteiger partial charge is 0.388 e. The van der Waals surface area contributed by atoms with Crippen molar-refractivity contribution in [2.75, 3.05) is 27.2 Å². The van der Waals surface area contributed by atoms with Crippen molar-refractivity contribution in [3.63, 3.8) is 0 Å². The third kappa shape index (κ3) is 5.85. The number of fused-ring (bicyclic) bond motifs is 1. The minimum atomic E-state index is -1.10. The minimum absolute atomic E-state index is 0.0921. The Kier molecular flexibility index (Phi) is 7.87. The normalized spacial score (nSPS) is 16.0. The number of aliphatic hydroxyl groups is 1. The molecule has 0 bridgehead atoms. The summed E-state index contributed by atoms with van der Waals surface area (Å²) in [6.45, 7) is 3.93. The van der Waals surface area contributed by atoms with Crippen LogP contribution >= 0.6 is 0 Å². The van der Waals surface area contributed by atoms with Gasteiger partial charge in [0.15, 0.2) is 5.52 Å². The molecule has 2 aromatic heterocycles. The molecular weight excluding hydrogens is 504 g/mol. The molecule has 1 saturated heterocycles. The van der Waals surface area contributed by atoms with Crippen molar-refractivity contribution in [1.29, 1.82) is 0 Å². The summed E-state index contributed by atoms with van der Waals surface area (Å²) in [5.41, 5.74) is 3.52. The summed E-state index contributed by atoms with van der Waals surface area (Å²) in [6, 6.07) is 18.2. The van der Waals surface area contributed by atoms with Crippen molar-refractivity contribution in [2.24, 2.45) is 7.05 Å². The fourth-order valence-electron chi connectivity index (χ4n) is 5.60. The van der Waals surface area contributed by atoms with Gasteiger partial charge in [-0.1, -0.05) is 61.5 Å². The third-order valence-corrected chi connectivity index (χ3v) is 7.90. The van der Waals surface area contributed by atoms with Crippen LogP contribution in [-0.2, 0) is 24.9 Å². The summed E-state index contributed by atoms with van der Waals surface area (Å²) in [5.74, 6) is 0.222. The highest BCUT2D eigenvalue weighted by Crippen LogP contribution is 2.28. The summed E-state index contributed by atoms with van der Waals surface area (Å²) in [4.78, 5) is 34.9. The van der Waals surface area contributed by atoms with Crippen LogP contribution in [-0.4, -0.2) is 72.9 Å². The molecule has 0 saturated carbocycles. The van der Waals surface area contributed by atoms with Gasteiger partial charge in [0.2, 0.25) is 5.91 Å². The van der Waals surface area contributed by atoms with Gasteiger partial charge in [0.25, 0.3) is 5.56 Å². The predicted molar refractivity (Wildman–Crippen MR) is 156 cm³/mol. The Morgan fingerprint density at radius 1 is 1.05 bits per heavy atom. The van der Waals surface area contributed by atoms with Gasteiger partial charge in [-0.15, -0.1) is 0 Å². The minimum Gasteiger partial charge on any atom is -0.388 e. The van der Waals surface area contributed by atoms with Gasteiger partial charge in [-0.2, -0.15) is 5.10 Å². The Labute approximate surface area is 234 Å². The second-order valence-corrected chi connectivity index (χ2v) is 11.4. The van der Waals surface area contributed by atoms with E-state index in [1.807, 2.05) is 68.5 Å². The first-order valence-electron chi connectivity index (χ1n) is 13.8. The number of carbonyl (C=O) groups is 1. The first kappa shape index (κ1) is 27.7. The lowest BCUT2D eigenvalue weighted by Gasteiger charge is -2.38. The fourth-order valence-corrected chi connectivity index (χ4v) is 5.60. The molecule has 0 spiro atoms. The molecule has 1 fully saturated rings. The van der Waals surface area contributed by atoms with Crippen molar-refractivity contribution < 1.29 is 9.90 Å². The molecule has 40 heavy (non-hydrogen) atoms. The number of amides is 1. The number of aromatic nitrogens is 4.